The molecule has 2 amide bonds. The van der Waals surface area contributed by atoms with E-state index in [1.54, 1.807) is 83.0 Å². The van der Waals surface area contributed by atoms with E-state index in [1.165, 1.54) is 0 Å². The molecular formula is C66H78Cl2N6O11. The normalized spacial score (nSPS) is 14.5. The first kappa shape index (κ1) is 63.6. The number of ether oxygens (including phenoxy) is 7. The number of carbonyl (C=O) groups is 4. The summed E-state index contributed by atoms with van der Waals surface area (Å²) >= 11 is 13.4. The highest BCUT2D eigenvalue weighted by molar-refractivity contribution is 6.32. The van der Waals surface area contributed by atoms with Crippen molar-refractivity contribution >= 4 is 47.0 Å². The fourth-order valence-electron chi connectivity index (χ4n) is 11.3. The number of esters is 2. The van der Waals surface area contributed by atoms with Crippen LogP contribution in [0.4, 0.5) is 0 Å². The summed E-state index contributed by atoms with van der Waals surface area (Å²) in [6.07, 6.45) is 8.01. The van der Waals surface area contributed by atoms with Gasteiger partial charge in [0.2, 0.25) is 0 Å². The van der Waals surface area contributed by atoms with Crippen LogP contribution in [0.3, 0.4) is 0 Å². The lowest BCUT2D eigenvalue weighted by molar-refractivity contribution is -0.166. The number of carbonyl (C=O) groups excluding carboxylic acids is 4. The van der Waals surface area contributed by atoms with Gasteiger partial charge in [-0.3, -0.25) is 14.4 Å². The summed E-state index contributed by atoms with van der Waals surface area (Å²) in [7, 11) is 14.3. The van der Waals surface area contributed by atoms with E-state index in [0.29, 0.717) is 115 Å². The zero-order valence-corrected chi connectivity index (χ0v) is 51.5. The van der Waals surface area contributed by atoms with Gasteiger partial charge in [-0.15, -0.1) is 0 Å². The van der Waals surface area contributed by atoms with Gasteiger partial charge in [0.25, 0.3) is 11.8 Å². The van der Waals surface area contributed by atoms with Gasteiger partial charge in [0.1, 0.15) is 51.4 Å². The Kier molecular flexibility index (Phi) is 22.5. The standard InChI is InChI=1S/C66H78Cl2N6O11/c1-73(2)35-17-37-83-56-39-43(25-29-47(56)67)61-45(59-52(79-5)21-15-22-53(59)80-6)27-31-49(69-61)63(76)71-51(42-19-11-9-12-20-42)41-58(75)85-65(78)66(33-13-10-14-34-66)72-64(77)50-32-28-46(60-54(81-7)23-16-24-55(60)82-8)62(70-50)44-26-30-48(68)57(40-44)84-38-18-36-74(3)4/h15-16,21-32,39-40,42,51H,9-14,17-20,33-38,41H2,1-8H3,(H,71,76)(H,72,77). The van der Waals surface area contributed by atoms with Crippen LogP contribution in [0.1, 0.15) is 104 Å². The molecule has 2 aliphatic carbocycles. The largest absolute Gasteiger partial charge is 0.496 e. The molecule has 1 unspecified atom stereocenters. The van der Waals surface area contributed by atoms with Crippen molar-refractivity contribution < 1.29 is 52.3 Å². The summed E-state index contributed by atoms with van der Waals surface area (Å²) in [5.74, 6) is 0.0116. The molecule has 6 aromatic rings. The van der Waals surface area contributed by atoms with Crippen molar-refractivity contribution in [2.24, 2.45) is 5.92 Å². The average molecular weight is 1200 g/mol. The number of aromatic nitrogens is 2. The first-order valence-electron chi connectivity index (χ1n) is 29.0. The van der Waals surface area contributed by atoms with Crippen LogP contribution < -0.4 is 39.1 Å². The molecule has 2 saturated carbocycles. The van der Waals surface area contributed by atoms with Gasteiger partial charge in [-0.25, -0.2) is 14.8 Å². The maximum Gasteiger partial charge on any atom is 0.339 e. The lowest BCUT2D eigenvalue weighted by Gasteiger charge is -2.35. The van der Waals surface area contributed by atoms with Gasteiger partial charge < -0.3 is 53.6 Å². The molecule has 0 saturated heterocycles. The van der Waals surface area contributed by atoms with E-state index >= 15 is 0 Å². The van der Waals surface area contributed by atoms with E-state index in [-0.39, 0.29) is 36.6 Å². The molecule has 19 heteroatoms. The molecule has 4 aromatic carbocycles. The number of rotatable bonds is 26. The Morgan fingerprint density at radius 1 is 0.576 bits per heavy atom. The summed E-state index contributed by atoms with van der Waals surface area (Å²) in [5.41, 5.74) is 3.01. The smallest absolute Gasteiger partial charge is 0.339 e. The number of benzene rings is 4. The molecule has 0 aliphatic heterocycles. The van der Waals surface area contributed by atoms with Crippen molar-refractivity contribution in [2.75, 3.05) is 82.9 Å². The van der Waals surface area contributed by atoms with E-state index < -0.39 is 35.3 Å². The van der Waals surface area contributed by atoms with Gasteiger partial charge in [0.05, 0.1) is 80.6 Å². The van der Waals surface area contributed by atoms with E-state index in [4.69, 9.17) is 66.3 Å². The summed E-state index contributed by atoms with van der Waals surface area (Å²) in [6.45, 7) is 2.48. The van der Waals surface area contributed by atoms with Gasteiger partial charge in [0, 0.05) is 41.4 Å². The van der Waals surface area contributed by atoms with E-state index in [9.17, 15) is 19.2 Å². The molecule has 2 aromatic heterocycles. The molecule has 8 rings (SSSR count). The van der Waals surface area contributed by atoms with Crippen LogP contribution in [0.25, 0.3) is 44.8 Å². The second kappa shape index (κ2) is 30.1. The monoisotopic (exact) mass is 1200 g/mol. The van der Waals surface area contributed by atoms with Crippen LogP contribution in [0.5, 0.6) is 34.5 Å². The molecule has 0 radical (unpaired) electrons. The molecule has 1 atom stereocenters. The summed E-state index contributed by atoms with van der Waals surface area (Å²) in [4.78, 5) is 72.6. The molecule has 2 fully saturated rings. The highest BCUT2D eigenvalue weighted by Gasteiger charge is 2.44. The number of hydrogen-bond acceptors (Lipinski definition) is 15. The van der Waals surface area contributed by atoms with E-state index in [1.807, 2.05) is 70.7 Å². The Morgan fingerprint density at radius 3 is 1.47 bits per heavy atom. The molecule has 85 heavy (non-hydrogen) atoms. The van der Waals surface area contributed by atoms with Crippen LogP contribution >= 0.6 is 23.2 Å². The number of nitrogens with one attached hydrogen (secondary N) is 2. The summed E-state index contributed by atoms with van der Waals surface area (Å²) in [5, 5.41) is 6.98. The third-order valence-electron chi connectivity index (χ3n) is 15.7. The third-order valence-corrected chi connectivity index (χ3v) is 16.3. The van der Waals surface area contributed by atoms with Crippen molar-refractivity contribution in [3.63, 3.8) is 0 Å². The minimum atomic E-state index is -1.56. The average Bonchev–Trinajstić information content (AvgIpc) is 2.11. The van der Waals surface area contributed by atoms with Gasteiger partial charge in [0.15, 0.2) is 0 Å². The Labute approximate surface area is 508 Å². The van der Waals surface area contributed by atoms with Gasteiger partial charge >= 0.3 is 11.9 Å². The fraction of sp³-hybridized carbons (Fsp3) is 0.424. The maximum absolute atomic E-state index is 14.7. The Morgan fingerprint density at radius 2 is 1.02 bits per heavy atom. The Bertz CT molecular complexity index is 3260. The topological polar surface area (TPSA) is 189 Å². The molecule has 452 valence electrons. The molecular weight excluding hydrogens is 1120 g/mol. The number of hydrogen-bond donors (Lipinski definition) is 2. The van der Waals surface area contributed by atoms with Gasteiger partial charge in [-0.1, -0.05) is 86.0 Å². The van der Waals surface area contributed by atoms with Crippen molar-refractivity contribution in [3.8, 4) is 79.3 Å². The Hall–Kier alpha value is -7.44. The molecule has 0 bridgehead atoms. The van der Waals surface area contributed by atoms with E-state index in [0.717, 1.165) is 64.5 Å². The van der Waals surface area contributed by atoms with Crippen molar-refractivity contribution in [3.05, 3.63) is 118 Å². The van der Waals surface area contributed by atoms with Crippen molar-refractivity contribution in [2.45, 2.75) is 95.1 Å². The highest BCUT2D eigenvalue weighted by Crippen LogP contribution is 2.46. The zero-order chi connectivity index (χ0) is 60.6. The zero-order valence-electron chi connectivity index (χ0n) is 49.9. The summed E-state index contributed by atoms with van der Waals surface area (Å²) in [6, 6.07) is 27.6. The maximum atomic E-state index is 14.7. The predicted octanol–water partition coefficient (Wildman–Crippen LogP) is 12.4. The second-order valence-electron chi connectivity index (χ2n) is 22.1. The SMILES string of the molecule is COc1cccc(OC)c1-c1ccc(C(=O)NC(CC(=O)OC(=O)C2(NC(=O)c3ccc(-c4c(OC)cccc4OC)c(-c4ccc(Cl)c(OCCCN(C)C)c4)n3)CCCCC2)C2CCCCC2)nc1-c1ccc(Cl)c(OCCCN(C)C)c1. The number of amides is 2. The van der Waals surface area contributed by atoms with Crippen LogP contribution in [0, 0.1) is 5.92 Å². The van der Waals surface area contributed by atoms with Crippen LogP contribution in [-0.2, 0) is 14.3 Å². The fourth-order valence-corrected chi connectivity index (χ4v) is 11.6. The first-order valence-corrected chi connectivity index (χ1v) is 29.8. The lowest BCUT2D eigenvalue weighted by atomic mass is 9.81. The third kappa shape index (κ3) is 15.9. The number of methoxy groups -OCH3 is 4. The Balaban J connectivity index is 1.07. The van der Waals surface area contributed by atoms with Crippen LogP contribution in [0.15, 0.2) is 97.1 Å². The lowest BCUT2D eigenvalue weighted by Crippen LogP contribution is -2.57. The number of halogens is 2. The van der Waals surface area contributed by atoms with Crippen molar-refractivity contribution in [1.82, 2.24) is 30.4 Å². The quantitative estimate of drug-likeness (QED) is 0.0296. The van der Waals surface area contributed by atoms with Crippen LogP contribution in [0.2, 0.25) is 10.0 Å². The molecule has 0 spiro atoms. The molecule has 2 N–H and O–H groups in total. The predicted molar refractivity (Wildman–Crippen MR) is 331 cm³/mol. The van der Waals surface area contributed by atoms with E-state index in [2.05, 4.69) is 20.4 Å². The van der Waals surface area contributed by atoms with Crippen LogP contribution in [-0.4, -0.2) is 138 Å². The summed E-state index contributed by atoms with van der Waals surface area (Å²) < 4.78 is 41.5. The van der Waals surface area contributed by atoms with Gasteiger partial charge in [-0.2, -0.15) is 0 Å². The first-order chi connectivity index (χ1) is 41.1. The minimum absolute atomic E-state index is 0.00691. The van der Waals surface area contributed by atoms with Gasteiger partial charge in [-0.05, 0) is 145 Å². The highest BCUT2D eigenvalue weighted by atomic mass is 35.5. The molecule has 2 heterocycles. The molecule has 2 aliphatic rings. The minimum Gasteiger partial charge on any atom is -0.496 e. The number of pyridine rings is 2. The molecule has 17 nitrogen and oxygen atoms in total. The van der Waals surface area contributed by atoms with Crippen molar-refractivity contribution in [1.29, 1.82) is 0 Å². The second-order valence-corrected chi connectivity index (χ2v) is 22.9. The number of nitrogens with zero attached hydrogens (tertiary/aromatic N) is 4.